The van der Waals surface area contributed by atoms with E-state index >= 15 is 0 Å². The summed E-state index contributed by atoms with van der Waals surface area (Å²) in [5.74, 6) is 4.22. The van der Waals surface area contributed by atoms with E-state index in [2.05, 4.69) is 25.8 Å². The van der Waals surface area contributed by atoms with Crippen LogP contribution in [0.5, 0.6) is 0 Å². The summed E-state index contributed by atoms with van der Waals surface area (Å²) in [6.45, 7) is 7.41. The van der Waals surface area contributed by atoms with Gasteiger partial charge in [0.2, 0.25) is 0 Å². The van der Waals surface area contributed by atoms with E-state index in [1.165, 1.54) is 51.4 Å². The molecule has 9 atom stereocenters. The van der Waals surface area contributed by atoms with Crippen LogP contribution in [0.15, 0.2) is 24.4 Å². The summed E-state index contributed by atoms with van der Waals surface area (Å²) in [4.78, 5) is 4.34. The molecule has 0 radical (unpaired) electrons. The van der Waals surface area contributed by atoms with E-state index in [1.807, 2.05) is 18.2 Å². The highest BCUT2D eigenvalue weighted by atomic mass is 16.3. The Labute approximate surface area is 201 Å². The quantitative estimate of drug-likeness (QED) is 0.483. The first-order valence-electron chi connectivity index (χ1n) is 14.1. The zero-order chi connectivity index (χ0) is 23.3. The molecule has 2 N–H and O–H groups in total. The molecule has 0 spiro atoms. The molecule has 5 rings (SSSR count). The first-order chi connectivity index (χ1) is 15.8. The minimum Gasteiger partial charge on any atom is -0.390 e. The van der Waals surface area contributed by atoms with Crippen LogP contribution >= 0.6 is 0 Å². The lowest BCUT2D eigenvalue weighted by atomic mass is 9.43. The van der Waals surface area contributed by atoms with Crippen LogP contribution in [-0.2, 0) is 0 Å². The molecule has 0 amide bonds. The third-order valence-corrected chi connectivity index (χ3v) is 11.7. The van der Waals surface area contributed by atoms with Crippen molar-refractivity contribution >= 4 is 0 Å². The Hall–Kier alpha value is -0.930. The monoisotopic (exact) mass is 453 g/mol. The van der Waals surface area contributed by atoms with E-state index in [4.69, 9.17) is 0 Å². The third-order valence-electron chi connectivity index (χ3n) is 11.7. The molecule has 1 aromatic rings. The van der Waals surface area contributed by atoms with Crippen molar-refractivity contribution in [2.75, 3.05) is 0 Å². The van der Waals surface area contributed by atoms with Crippen molar-refractivity contribution in [3.8, 4) is 0 Å². The van der Waals surface area contributed by atoms with E-state index in [-0.39, 0.29) is 0 Å². The zero-order valence-electron chi connectivity index (χ0n) is 21.3. The molecule has 4 aliphatic rings. The molecule has 0 aliphatic heterocycles. The molecule has 0 saturated heterocycles. The number of nitrogens with zero attached hydrogens (tertiary/aromatic N) is 1. The van der Waals surface area contributed by atoms with Gasteiger partial charge in [-0.05, 0) is 130 Å². The normalized spacial score (nSPS) is 45.7. The Bertz CT molecular complexity index is 813. The van der Waals surface area contributed by atoms with Crippen molar-refractivity contribution in [2.45, 2.75) is 116 Å². The average Bonchev–Trinajstić information content (AvgIpc) is 3.16. The van der Waals surface area contributed by atoms with Crippen molar-refractivity contribution in [2.24, 2.45) is 40.4 Å². The summed E-state index contributed by atoms with van der Waals surface area (Å²) in [7, 11) is 0. The van der Waals surface area contributed by atoms with Crippen LogP contribution in [0.3, 0.4) is 0 Å². The fourth-order valence-electron chi connectivity index (χ4n) is 9.51. The summed E-state index contributed by atoms with van der Waals surface area (Å²) in [5.41, 5.74) is 1.38. The van der Waals surface area contributed by atoms with Crippen molar-refractivity contribution < 1.29 is 10.2 Å². The molecule has 1 heterocycles. The van der Waals surface area contributed by atoms with Gasteiger partial charge in [0.05, 0.1) is 17.4 Å². The van der Waals surface area contributed by atoms with Crippen molar-refractivity contribution in [3.05, 3.63) is 30.1 Å². The maximum Gasteiger partial charge on any atom is 0.0959 e. The minimum atomic E-state index is -0.421. The smallest absolute Gasteiger partial charge is 0.0959 e. The number of rotatable bonds is 6. The van der Waals surface area contributed by atoms with E-state index in [1.54, 1.807) is 6.20 Å². The summed E-state index contributed by atoms with van der Waals surface area (Å²) in [6.07, 6.45) is 17.1. The van der Waals surface area contributed by atoms with E-state index in [0.717, 1.165) is 67.4 Å². The lowest BCUT2D eigenvalue weighted by Gasteiger charge is -2.62. The molecule has 184 valence electrons. The summed E-state index contributed by atoms with van der Waals surface area (Å²) in [6, 6.07) is 5.83. The molecule has 4 saturated carbocycles. The van der Waals surface area contributed by atoms with Gasteiger partial charge in [-0.1, -0.05) is 33.3 Å². The molecule has 33 heavy (non-hydrogen) atoms. The van der Waals surface area contributed by atoms with Gasteiger partial charge in [-0.2, -0.15) is 0 Å². The molecule has 0 aromatic carbocycles. The Balaban J connectivity index is 1.22. The van der Waals surface area contributed by atoms with Crippen LogP contribution in [0.1, 0.15) is 116 Å². The molecule has 0 bridgehead atoms. The molecule has 3 nitrogen and oxygen atoms in total. The highest BCUT2D eigenvalue weighted by Crippen LogP contribution is 2.68. The second kappa shape index (κ2) is 8.94. The number of hydrogen-bond donors (Lipinski definition) is 2. The lowest BCUT2D eigenvalue weighted by Crippen LogP contribution is -2.55. The van der Waals surface area contributed by atoms with Gasteiger partial charge in [-0.25, -0.2) is 0 Å². The van der Waals surface area contributed by atoms with E-state index in [0.29, 0.717) is 10.8 Å². The van der Waals surface area contributed by atoms with Crippen LogP contribution in [0, 0.1) is 40.4 Å². The van der Waals surface area contributed by atoms with Gasteiger partial charge in [0.15, 0.2) is 0 Å². The largest absolute Gasteiger partial charge is 0.390 e. The zero-order valence-corrected chi connectivity index (χ0v) is 21.3. The Morgan fingerprint density at radius 2 is 1.82 bits per heavy atom. The first-order valence-corrected chi connectivity index (χ1v) is 14.1. The lowest BCUT2D eigenvalue weighted by molar-refractivity contribution is -0.151. The van der Waals surface area contributed by atoms with E-state index < -0.39 is 11.7 Å². The third kappa shape index (κ3) is 4.10. The number of aliphatic hydroxyl groups excluding tert-OH is 1. The summed E-state index contributed by atoms with van der Waals surface area (Å²) in [5, 5.41) is 21.6. The molecular formula is C30H47NO2. The van der Waals surface area contributed by atoms with Crippen LogP contribution < -0.4 is 0 Å². The standard InChI is InChI=1S/C30H47NO2/c1-4-30(33)18-17-29(3)22(20-30)11-13-23-24-14-12-21(28(24,2)16-15-25(23)29)8-7-10-27(32)26-9-5-6-19-31-26/h5-6,9,19,21-25,27,32-33H,4,7-8,10-18,20H2,1-3H3/t21-,22-,23-,24-,25-,27-,28+,29-,30-/m0/s1. The maximum absolute atomic E-state index is 11.0. The highest BCUT2D eigenvalue weighted by molar-refractivity contribution is 5.11. The maximum atomic E-state index is 11.0. The molecule has 4 aliphatic carbocycles. The fourth-order valence-corrected chi connectivity index (χ4v) is 9.51. The highest BCUT2D eigenvalue weighted by Gasteiger charge is 2.60. The Morgan fingerprint density at radius 1 is 1.00 bits per heavy atom. The molecular weight excluding hydrogens is 406 g/mol. The van der Waals surface area contributed by atoms with Gasteiger partial charge in [-0.15, -0.1) is 0 Å². The number of aromatic nitrogens is 1. The average molecular weight is 454 g/mol. The predicted octanol–water partition coefficient (Wildman–Crippen LogP) is 7.09. The second-order valence-corrected chi connectivity index (χ2v) is 13.0. The minimum absolute atomic E-state index is 0.390. The summed E-state index contributed by atoms with van der Waals surface area (Å²) < 4.78 is 0. The van der Waals surface area contributed by atoms with Gasteiger partial charge < -0.3 is 10.2 Å². The van der Waals surface area contributed by atoms with Crippen molar-refractivity contribution in [1.82, 2.24) is 4.98 Å². The summed E-state index contributed by atoms with van der Waals surface area (Å²) >= 11 is 0. The topological polar surface area (TPSA) is 53.4 Å². The van der Waals surface area contributed by atoms with E-state index in [9.17, 15) is 10.2 Å². The second-order valence-electron chi connectivity index (χ2n) is 13.0. The first kappa shape index (κ1) is 23.8. The van der Waals surface area contributed by atoms with Gasteiger partial charge in [0.25, 0.3) is 0 Å². The predicted molar refractivity (Wildman–Crippen MR) is 134 cm³/mol. The van der Waals surface area contributed by atoms with Gasteiger partial charge in [-0.3, -0.25) is 4.98 Å². The van der Waals surface area contributed by atoms with Gasteiger partial charge in [0.1, 0.15) is 0 Å². The molecule has 1 aromatic heterocycles. The van der Waals surface area contributed by atoms with Gasteiger partial charge >= 0.3 is 0 Å². The number of fused-ring (bicyclic) bond motifs is 5. The number of hydrogen-bond acceptors (Lipinski definition) is 3. The number of aliphatic hydroxyl groups is 2. The molecule has 0 unspecified atom stereocenters. The van der Waals surface area contributed by atoms with Crippen molar-refractivity contribution in [3.63, 3.8) is 0 Å². The van der Waals surface area contributed by atoms with Gasteiger partial charge in [0, 0.05) is 6.20 Å². The fraction of sp³-hybridized carbons (Fsp3) is 0.833. The SMILES string of the molecule is CC[C@]1(O)CC[C@@]2(C)[C@@H](CC[C@@H]3[C@@H]2CC[C@]2(C)[C@@H](CCC[C@H](O)c4ccccn4)CC[C@@H]32)C1. The van der Waals surface area contributed by atoms with Crippen LogP contribution in [0.2, 0.25) is 0 Å². The Morgan fingerprint density at radius 3 is 2.58 bits per heavy atom. The van der Waals surface area contributed by atoms with Crippen LogP contribution in [0.4, 0.5) is 0 Å². The molecule has 4 fully saturated rings. The molecule has 3 heteroatoms. The Kier molecular flexibility index (Phi) is 6.44. The number of pyridine rings is 1. The van der Waals surface area contributed by atoms with Crippen molar-refractivity contribution in [1.29, 1.82) is 0 Å². The van der Waals surface area contributed by atoms with Crippen LogP contribution in [0.25, 0.3) is 0 Å². The van der Waals surface area contributed by atoms with Crippen LogP contribution in [-0.4, -0.2) is 20.8 Å².